The van der Waals surface area contributed by atoms with Crippen LogP contribution in [0.5, 0.6) is 5.75 Å². The van der Waals surface area contributed by atoms with Crippen LogP contribution < -0.4 is 0 Å². The summed E-state index contributed by atoms with van der Waals surface area (Å²) in [6, 6.07) is 1.97. The molecule has 0 heterocycles. The van der Waals surface area contributed by atoms with Crippen molar-refractivity contribution in [2.24, 2.45) is 0 Å². The predicted molar refractivity (Wildman–Crippen MR) is 53.0 cm³/mol. The summed E-state index contributed by atoms with van der Waals surface area (Å²) in [7, 11) is 0. The van der Waals surface area contributed by atoms with Crippen LogP contribution in [0, 0.1) is 13.8 Å². The van der Waals surface area contributed by atoms with Gasteiger partial charge >= 0.3 is 0 Å². The lowest BCUT2D eigenvalue weighted by Gasteiger charge is -2.06. The van der Waals surface area contributed by atoms with E-state index in [9.17, 15) is 5.11 Å². The van der Waals surface area contributed by atoms with Gasteiger partial charge in [-0.1, -0.05) is 0 Å². The summed E-state index contributed by atoms with van der Waals surface area (Å²) in [6.45, 7) is 3.86. The van der Waals surface area contributed by atoms with E-state index in [4.69, 9.17) is 0 Å². The molecule has 60 valence electrons. The van der Waals surface area contributed by atoms with E-state index in [2.05, 4.69) is 31.9 Å². The van der Waals surface area contributed by atoms with Gasteiger partial charge in [0.25, 0.3) is 0 Å². The first-order valence-electron chi connectivity index (χ1n) is 3.18. The quantitative estimate of drug-likeness (QED) is 0.770. The second-order valence-corrected chi connectivity index (χ2v) is 4.11. The van der Waals surface area contributed by atoms with Gasteiger partial charge in [0.1, 0.15) is 5.75 Å². The van der Waals surface area contributed by atoms with Crippen LogP contribution >= 0.6 is 31.9 Å². The maximum atomic E-state index is 9.49. The Morgan fingerprint density at radius 1 is 1.27 bits per heavy atom. The molecule has 0 aliphatic rings. The molecule has 0 saturated carbocycles. The van der Waals surface area contributed by atoms with Crippen LogP contribution in [0.4, 0.5) is 0 Å². The molecular weight excluding hydrogens is 272 g/mol. The van der Waals surface area contributed by atoms with Crippen molar-refractivity contribution in [2.75, 3.05) is 0 Å². The fourth-order valence-corrected chi connectivity index (χ4v) is 1.77. The van der Waals surface area contributed by atoms with Crippen LogP contribution in [-0.4, -0.2) is 5.11 Å². The van der Waals surface area contributed by atoms with E-state index >= 15 is 0 Å². The van der Waals surface area contributed by atoms with Gasteiger partial charge in [0.2, 0.25) is 0 Å². The molecule has 1 aromatic carbocycles. The Morgan fingerprint density at radius 3 is 2.36 bits per heavy atom. The lowest BCUT2D eigenvalue weighted by atomic mass is 10.1. The monoisotopic (exact) mass is 278 g/mol. The van der Waals surface area contributed by atoms with E-state index in [1.165, 1.54) is 0 Å². The minimum atomic E-state index is 0.317. The largest absolute Gasteiger partial charge is 0.506 e. The maximum Gasteiger partial charge on any atom is 0.134 e. The smallest absolute Gasteiger partial charge is 0.134 e. The van der Waals surface area contributed by atoms with Crippen molar-refractivity contribution in [3.8, 4) is 5.75 Å². The fourth-order valence-electron chi connectivity index (χ4n) is 0.826. The number of phenolic OH excluding ortho intramolecular Hbond substituents is 1. The average molecular weight is 280 g/mol. The SMILES string of the molecule is Cc1cc(Br)c(Br)c(O)c1C. The summed E-state index contributed by atoms with van der Waals surface area (Å²) in [5, 5.41) is 9.49. The third-order valence-corrected chi connectivity index (χ3v) is 3.67. The number of aromatic hydroxyl groups is 1. The van der Waals surface area contributed by atoms with Gasteiger partial charge in [-0.15, -0.1) is 0 Å². The van der Waals surface area contributed by atoms with Gasteiger partial charge in [0.15, 0.2) is 0 Å². The van der Waals surface area contributed by atoms with Crippen LogP contribution in [0.1, 0.15) is 11.1 Å². The lowest BCUT2D eigenvalue weighted by molar-refractivity contribution is 0.466. The lowest BCUT2D eigenvalue weighted by Crippen LogP contribution is -1.83. The topological polar surface area (TPSA) is 20.2 Å². The molecule has 0 bridgehead atoms. The van der Waals surface area contributed by atoms with Crippen molar-refractivity contribution in [1.82, 2.24) is 0 Å². The zero-order valence-electron chi connectivity index (χ0n) is 6.28. The Morgan fingerprint density at radius 2 is 1.82 bits per heavy atom. The van der Waals surface area contributed by atoms with E-state index in [1.54, 1.807) is 0 Å². The molecule has 0 aliphatic heterocycles. The molecule has 0 aromatic heterocycles. The van der Waals surface area contributed by atoms with Crippen molar-refractivity contribution in [1.29, 1.82) is 0 Å². The number of phenols is 1. The summed E-state index contributed by atoms with van der Waals surface area (Å²) in [4.78, 5) is 0. The molecule has 0 fully saturated rings. The molecule has 0 spiro atoms. The molecule has 0 atom stereocenters. The standard InChI is InChI=1S/C8H8Br2O/c1-4-3-6(9)7(10)8(11)5(4)2/h3,11H,1-2H3. The van der Waals surface area contributed by atoms with Gasteiger partial charge in [-0.3, -0.25) is 0 Å². The average Bonchev–Trinajstić information content (AvgIpc) is 1.97. The molecule has 3 heteroatoms. The van der Waals surface area contributed by atoms with Crippen LogP contribution in [0.25, 0.3) is 0 Å². The van der Waals surface area contributed by atoms with Gasteiger partial charge in [0, 0.05) is 4.47 Å². The molecule has 0 aliphatic carbocycles. The Balaban J connectivity index is 3.46. The number of benzene rings is 1. The number of hydrogen-bond acceptors (Lipinski definition) is 1. The van der Waals surface area contributed by atoms with E-state index in [1.807, 2.05) is 19.9 Å². The van der Waals surface area contributed by atoms with Crippen molar-refractivity contribution < 1.29 is 5.11 Å². The normalized spacial score (nSPS) is 10.2. The Labute approximate surface area is 82.7 Å². The summed E-state index contributed by atoms with van der Waals surface area (Å²) in [6.07, 6.45) is 0. The molecule has 0 amide bonds. The first kappa shape index (κ1) is 9.07. The molecule has 0 unspecified atom stereocenters. The minimum Gasteiger partial charge on any atom is -0.506 e. The van der Waals surface area contributed by atoms with Crippen molar-refractivity contribution in [3.05, 3.63) is 26.1 Å². The summed E-state index contributed by atoms with van der Waals surface area (Å²) in [5.74, 6) is 0.317. The Kier molecular flexibility index (Phi) is 2.60. The highest BCUT2D eigenvalue weighted by atomic mass is 79.9. The molecular formula is C8H8Br2O. The van der Waals surface area contributed by atoms with E-state index in [-0.39, 0.29) is 0 Å². The molecule has 1 N–H and O–H groups in total. The van der Waals surface area contributed by atoms with Gasteiger partial charge in [0.05, 0.1) is 4.47 Å². The van der Waals surface area contributed by atoms with Crippen molar-refractivity contribution >= 4 is 31.9 Å². The molecule has 11 heavy (non-hydrogen) atoms. The van der Waals surface area contributed by atoms with E-state index < -0.39 is 0 Å². The third-order valence-electron chi connectivity index (χ3n) is 1.71. The molecule has 1 nitrogen and oxygen atoms in total. The number of aryl methyl sites for hydroxylation is 1. The summed E-state index contributed by atoms with van der Waals surface area (Å²) >= 11 is 6.59. The number of halogens is 2. The number of rotatable bonds is 0. The van der Waals surface area contributed by atoms with Crippen LogP contribution in [-0.2, 0) is 0 Å². The summed E-state index contributed by atoms with van der Waals surface area (Å²) < 4.78 is 1.61. The van der Waals surface area contributed by atoms with E-state index in [0.29, 0.717) is 5.75 Å². The van der Waals surface area contributed by atoms with Crippen molar-refractivity contribution in [3.63, 3.8) is 0 Å². The minimum absolute atomic E-state index is 0.317. The molecule has 0 radical (unpaired) electrons. The Hall–Kier alpha value is -0.0200. The van der Waals surface area contributed by atoms with Gasteiger partial charge in [-0.25, -0.2) is 0 Å². The van der Waals surface area contributed by atoms with Crippen LogP contribution in [0.2, 0.25) is 0 Å². The first-order valence-corrected chi connectivity index (χ1v) is 4.76. The molecule has 1 rings (SSSR count). The second-order valence-electron chi connectivity index (χ2n) is 2.46. The first-order chi connectivity index (χ1) is 5.04. The molecule has 1 aromatic rings. The highest BCUT2D eigenvalue weighted by Gasteiger charge is 2.07. The fraction of sp³-hybridized carbons (Fsp3) is 0.250. The van der Waals surface area contributed by atoms with Gasteiger partial charge in [-0.2, -0.15) is 0 Å². The zero-order chi connectivity index (χ0) is 8.59. The van der Waals surface area contributed by atoms with Gasteiger partial charge in [-0.05, 0) is 62.9 Å². The molecule has 0 saturated heterocycles. The van der Waals surface area contributed by atoms with E-state index in [0.717, 1.165) is 20.1 Å². The highest BCUT2D eigenvalue weighted by molar-refractivity contribution is 9.13. The predicted octanol–water partition coefficient (Wildman–Crippen LogP) is 3.53. The number of hydrogen-bond donors (Lipinski definition) is 1. The zero-order valence-corrected chi connectivity index (χ0v) is 9.45. The second kappa shape index (κ2) is 3.15. The third kappa shape index (κ3) is 1.59. The highest BCUT2D eigenvalue weighted by Crippen LogP contribution is 2.36. The van der Waals surface area contributed by atoms with Gasteiger partial charge < -0.3 is 5.11 Å². The van der Waals surface area contributed by atoms with Crippen molar-refractivity contribution in [2.45, 2.75) is 13.8 Å². The van der Waals surface area contributed by atoms with Crippen LogP contribution in [0.15, 0.2) is 15.0 Å². The maximum absolute atomic E-state index is 9.49. The Bertz CT molecular complexity index is 268. The summed E-state index contributed by atoms with van der Waals surface area (Å²) in [5.41, 5.74) is 2.00. The van der Waals surface area contributed by atoms with Crippen LogP contribution in [0.3, 0.4) is 0 Å².